The molecule has 0 saturated carbocycles. The van der Waals surface area contributed by atoms with E-state index >= 15 is 0 Å². The Labute approximate surface area is 195 Å². The van der Waals surface area contributed by atoms with Crippen LogP contribution < -0.4 is 14.8 Å². The van der Waals surface area contributed by atoms with E-state index in [-0.39, 0.29) is 5.91 Å². The number of hydrogen-bond donors (Lipinski definition) is 1. The van der Waals surface area contributed by atoms with Crippen LogP contribution in [-0.4, -0.2) is 27.6 Å². The smallest absolute Gasteiger partial charge is 0.236 e. The van der Waals surface area contributed by atoms with Crippen LogP contribution in [0.1, 0.15) is 17.0 Å². The molecule has 3 heterocycles. The number of carbonyl (C=O) groups is 1. The molecule has 1 aliphatic heterocycles. The van der Waals surface area contributed by atoms with E-state index in [1.165, 1.54) is 0 Å². The molecule has 0 spiro atoms. The zero-order valence-electron chi connectivity index (χ0n) is 18.3. The molecule has 0 aliphatic carbocycles. The second kappa shape index (κ2) is 8.04. The van der Waals surface area contributed by atoms with Gasteiger partial charge in [-0.2, -0.15) is 0 Å². The van der Waals surface area contributed by atoms with Crippen LogP contribution in [0, 0.1) is 0 Å². The number of carbonyl (C=O) groups excluding carboxylic acids is 1. The zero-order valence-corrected chi connectivity index (χ0v) is 18.3. The van der Waals surface area contributed by atoms with Gasteiger partial charge in [0.05, 0.1) is 24.9 Å². The van der Waals surface area contributed by atoms with Gasteiger partial charge in [-0.25, -0.2) is 9.50 Å². The number of hydrogen-bond acceptors (Lipinski definition) is 5. The standard InChI is InChI=1S/C27H20N4O3/c1-33-25-15-14-24-29-21(16-31(24)30-25)17-10-12-18(13-11-17)28-27(32)26-19-6-2-4-8-22(19)34-23-9-5-3-7-20(23)26/h2-16,26H,1H3,(H,28,32). The number of rotatable bonds is 4. The molecule has 7 nitrogen and oxygen atoms in total. The third-order valence-electron chi connectivity index (χ3n) is 5.90. The molecule has 3 aromatic carbocycles. The van der Waals surface area contributed by atoms with Crippen LogP contribution in [0.25, 0.3) is 16.9 Å². The Morgan fingerprint density at radius 3 is 2.26 bits per heavy atom. The lowest BCUT2D eigenvalue weighted by Gasteiger charge is -2.27. The highest BCUT2D eigenvalue weighted by atomic mass is 16.5. The van der Waals surface area contributed by atoms with E-state index in [9.17, 15) is 4.79 Å². The highest BCUT2D eigenvalue weighted by Gasteiger charge is 2.32. The normalized spacial score (nSPS) is 12.5. The Morgan fingerprint density at radius 1 is 0.912 bits per heavy atom. The van der Waals surface area contributed by atoms with Gasteiger partial charge in [-0.15, -0.1) is 5.10 Å². The van der Waals surface area contributed by atoms with Crippen LogP contribution in [0.2, 0.25) is 0 Å². The van der Waals surface area contributed by atoms with Crippen LogP contribution in [0.3, 0.4) is 0 Å². The Morgan fingerprint density at radius 2 is 1.59 bits per heavy atom. The van der Waals surface area contributed by atoms with Gasteiger partial charge in [0, 0.05) is 28.4 Å². The molecule has 5 aromatic rings. The molecule has 0 bridgehead atoms. The van der Waals surface area contributed by atoms with Gasteiger partial charge in [0.1, 0.15) is 11.5 Å². The van der Waals surface area contributed by atoms with Crippen molar-refractivity contribution in [2.45, 2.75) is 5.92 Å². The van der Waals surface area contributed by atoms with Crippen molar-refractivity contribution in [3.8, 4) is 28.6 Å². The SMILES string of the molecule is COc1ccc2nc(-c3ccc(NC(=O)C4c5ccccc5Oc5ccccc54)cc3)cn2n1. The Kier molecular flexibility index (Phi) is 4.73. The molecule has 166 valence electrons. The summed E-state index contributed by atoms with van der Waals surface area (Å²) in [6.45, 7) is 0. The maximum absolute atomic E-state index is 13.4. The van der Waals surface area contributed by atoms with E-state index in [0.29, 0.717) is 23.1 Å². The summed E-state index contributed by atoms with van der Waals surface area (Å²) in [4.78, 5) is 18.0. The average molecular weight is 448 g/mol. The largest absolute Gasteiger partial charge is 0.480 e. The summed E-state index contributed by atoms with van der Waals surface area (Å²) in [5, 5.41) is 7.41. The highest BCUT2D eigenvalue weighted by Crippen LogP contribution is 2.44. The summed E-state index contributed by atoms with van der Waals surface area (Å²) in [6.07, 6.45) is 1.85. The van der Waals surface area contributed by atoms with Crippen molar-refractivity contribution in [2.24, 2.45) is 0 Å². The molecule has 0 saturated heterocycles. The predicted molar refractivity (Wildman–Crippen MR) is 128 cm³/mol. The zero-order chi connectivity index (χ0) is 23.1. The van der Waals surface area contributed by atoms with Gasteiger partial charge >= 0.3 is 0 Å². The molecule has 1 aliphatic rings. The van der Waals surface area contributed by atoms with Crippen molar-refractivity contribution >= 4 is 17.2 Å². The minimum atomic E-state index is -0.458. The number of amides is 1. The molecule has 0 fully saturated rings. The Balaban J connectivity index is 1.27. The average Bonchev–Trinajstić information content (AvgIpc) is 3.31. The summed E-state index contributed by atoms with van der Waals surface area (Å²) in [5.74, 6) is 1.36. The Bertz CT molecular complexity index is 1480. The predicted octanol–water partition coefficient (Wildman–Crippen LogP) is 5.28. The fourth-order valence-corrected chi connectivity index (χ4v) is 4.24. The lowest BCUT2D eigenvalue weighted by Crippen LogP contribution is -2.25. The maximum Gasteiger partial charge on any atom is 0.236 e. The first-order chi connectivity index (χ1) is 16.7. The van der Waals surface area contributed by atoms with Gasteiger partial charge in [-0.05, 0) is 30.3 Å². The monoisotopic (exact) mass is 448 g/mol. The molecule has 2 aromatic heterocycles. The van der Waals surface area contributed by atoms with Gasteiger partial charge in [0.25, 0.3) is 0 Å². The van der Waals surface area contributed by atoms with Crippen LogP contribution >= 0.6 is 0 Å². The van der Waals surface area contributed by atoms with E-state index in [4.69, 9.17) is 9.47 Å². The molecular formula is C27H20N4O3. The van der Waals surface area contributed by atoms with Gasteiger partial charge in [0.15, 0.2) is 5.65 Å². The van der Waals surface area contributed by atoms with Crippen molar-refractivity contribution in [2.75, 3.05) is 12.4 Å². The number of nitrogens with one attached hydrogen (secondary N) is 1. The number of imidazole rings is 1. The second-order valence-electron chi connectivity index (χ2n) is 7.98. The fraction of sp³-hybridized carbons (Fsp3) is 0.0741. The minimum absolute atomic E-state index is 0.111. The minimum Gasteiger partial charge on any atom is -0.480 e. The van der Waals surface area contributed by atoms with Crippen LogP contribution in [0.15, 0.2) is 91.1 Å². The number of anilines is 1. The molecule has 0 unspecified atom stereocenters. The van der Waals surface area contributed by atoms with Gasteiger partial charge in [-0.3, -0.25) is 4.79 Å². The fourth-order valence-electron chi connectivity index (χ4n) is 4.24. The summed E-state index contributed by atoms with van der Waals surface area (Å²) >= 11 is 0. The van der Waals surface area contributed by atoms with Crippen LogP contribution in [0.5, 0.6) is 17.4 Å². The summed E-state index contributed by atoms with van der Waals surface area (Å²) in [7, 11) is 1.58. The van der Waals surface area contributed by atoms with E-state index in [1.54, 1.807) is 17.7 Å². The first kappa shape index (κ1) is 20.0. The topological polar surface area (TPSA) is 77.8 Å². The van der Waals surface area contributed by atoms with E-state index in [0.717, 1.165) is 28.0 Å². The Hall–Kier alpha value is -4.65. The number of nitrogens with zero attached hydrogens (tertiary/aromatic N) is 3. The third-order valence-corrected chi connectivity index (χ3v) is 5.90. The van der Waals surface area contributed by atoms with Crippen molar-refractivity contribution < 1.29 is 14.3 Å². The summed E-state index contributed by atoms with van der Waals surface area (Å²) < 4.78 is 12.9. The van der Waals surface area contributed by atoms with Crippen molar-refractivity contribution in [3.05, 3.63) is 102 Å². The number of benzene rings is 3. The molecule has 0 radical (unpaired) electrons. The molecule has 7 heteroatoms. The van der Waals surface area contributed by atoms with Gasteiger partial charge in [0.2, 0.25) is 11.8 Å². The lowest BCUT2D eigenvalue weighted by atomic mass is 9.87. The van der Waals surface area contributed by atoms with E-state index in [1.807, 2.05) is 85.1 Å². The summed E-state index contributed by atoms with van der Waals surface area (Å²) in [5.41, 5.74) is 4.84. The molecule has 34 heavy (non-hydrogen) atoms. The van der Waals surface area contributed by atoms with Crippen molar-refractivity contribution in [3.63, 3.8) is 0 Å². The van der Waals surface area contributed by atoms with Gasteiger partial charge in [-0.1, -0.05) is 48.5 Å². The molecule has 1 N–H and O–H groups in total. The van der Waals surface area contributed by atoms with Crippen LogP contribution in [-0.2, 0) is 4.79 Å². The number of ether oxygens (including phenoxy) is 2. The van der Waals surface area contributed by atoms with Crippen molar-refractivity contribution in [1.82, 2.24) is 14.6 Å². The number of para-hydroxylation sites is 2. The van der Waals surface area contributed by atoms with E-state index < -0.39 is 5.92 Å². The number of methoxy groups -OCH3 is 1. The molecule has 1 amide bonds. The first-order valence-electron chi connectivity index (χ1n) is 10.9. The van der Waals surface area contributed by atoms with E-state index in [2.05, 4.69) is 15.4 Å². The van der Waals surface area contributed by atoms with Crippen molar-refractivity contribution in [1.29, 1.82) is 0 Å². The van der Waals surface area contributed by atoms with Crippen LogP contribution in [0.4, 0.5) is 5.69 Å². The molecular weight excluding hydrogens is 428 g/mol. The highest BCUT2D eigenvalue weighted by molar-refractivity contribution is 5.99. The van der Waals surface area contributed by atoms with Gasteiger partial charge < -0.3 is 14.8 Å². The third kappa shape index (κ3) is 3.44. The second-order valence-corrected chi connectivity index (χ2v) is 7.98. The number of aromatic nitrogens is 3. The number of fused-ring (bicyclic) bond motifs is 3. The lowest BCUT2D eigenvalue weighted by molar-refractivity contribution is -0.116. The molecule has 6 rings (SSSR count). The molecule has 0 atom stereocenters. The quantitative estimate of drug-likeness (QED) is 0.405. The maximum atomic E-state index is 13.4. The first-order valence-corrected chi connectivity index (χ1v) is 10.9. The summed E-state index contributed by atoms with van der Waals surface area (Å²) in [6, 6.07) is 26.6.